The van der Waals surface area contributed by atoms with Gasteiger partial charge in [-0.15, -0.1) is 0 Å². The number of aromatic nitrogens is 2. The van der Waals surface area contributed by atoms with Crippen LogP contribution in [-0.2, 0) is 13.1 Å². The highest BCUT2D eigenvalue weighted by Gasteiger charge is 2.17. The fourth-order valence-corrected chi connectivity index (χ4v) is 2.28. The predicted octanol–water partition coefficient (Wildman–Crippen LogP) is 4.33. The van der Waals surface area contributed by atoms with E-state index in [0.717, 1.165) is 4.57 Å². The number of likely N-dealkylation sites (tertiary alicyclic amines) is 1. The molecule has 1 aliphatic heterocycles. The summed E-state index contributed by atoms with van der Waals surface area (Å²) in [6.45, 7) is -7.99. The fourth-order valence-electron chi connectivity index (χ4n) is 2.18. The van der Waals surface area contributed by atoms with E-state index in [-0.39, 0.29) is 27.3 Å². The third-order valence-corrected chi connectivity index (χ3v) is 3.37. The number of rotatable bonds is 4. The number of halogens is 1. The molecule has 0 N–H and O–H groups in total. The minimum absolute atomic E-state index is 0.263. The summed E-state index contributed by atoms with van der Waals surface area (Å²) >= 11 is 5.89. The smallest absolute Gasteiger partial charge is 0.124 e. The van der Waals surface area contributed by atoms with Gasteiger partial charge in [-0.3, -0.25) is 4.90 Å². The molecule has 23 heavy (non-hydrogen) atoms. The first-order valence-electron chi connectivity index (χ1n) is 14.6. The summed E-state index contributed by atoms with van der Waals surface area (Å²) in [6.07, 6.45) is -6.69. The normalized spacial score (nSPS) is 34.3. The van der Waals surface area contributed by atoms with Crippen molar-refractivity contribution in [3.8, 4) is 0 Å². The van der Waals surface area contributed by atoms with Crippen LogP contribution in [0.2, 0.25) is 5.02 Å². The summed E-state index contributed by atoms with van der Waals surface area (Å²) in [4.78, 5) is 4.44. The quantitative estimate of drug-likeness (QED) is 0.704. The fraction of sp³-hybridized carbons (Fsp3) is 0.316. The van der Waals surface area contributed by atoms with E-state index in [0.29, 0.717) is 0 Å². The summed E-state index contributed by atoms with van der Waals surface area (Å²) in [5.74, 6) is -0.356. The van der Waals surface area contributed by atoms with Gasteiger partial charge in [0.05, 0.1) is 28.5 Å². The van der Waals surface area contributed by atoms with E-state index in [1.54, 1.807) is 0 Å². The molecule has 4 heteroatoms. The maximum Gasteiger partial charge on any atom is 0.124 e. The Morgan fingerprint density at radius 2 is 1.78 bits per heavy atom. The second-order valence-corrected chi connectivity index (χ2v) is 5.04. The van der Waals surface area contributed by atoms with Crippen molar-refractivity contribution in [2.75, 3.05) is 13.0 Å². The lowest BCUT2D eigenvalue weighted by molar-refractivity contribution is 0.318. The van der Waals surface area contributed by atoms with Gasteiger partial charge in [-0.05, 0) is 55.5 Å². The highest BCUT2D eigenvalue weighted by molar-refractivity contribution is 6.30. The van der Waals surface area contributed by atoms with Crippen molar-refractivity contribution in [2.24, 2.45) is 0 Å². The molecule has 1 aromatic heterocycles. The molecule has 3 aromatic rings. The van der Waals surface area contributed by atoms with Gasteiger partial charge in [0.15, 0.2) is 0 Å². The lowest BCUT2D eigenvalue weighted by atomic mass is 10.2. The number of hydrogen-bond acceptors (Lipinski definition) is 2. The topological polar surface area (TPSA) is 21.1 Å². The van der Waals surface area contributed by atoms with Crippen LogP contribution >= 0.6 is 11.6 Å². The minimum Gasteiger partial charge on any atom is -0.322 e. The molecule has 0 atom stereocenters. The second-order valence-electron chi connectivity index (χ2n) is 4.66. The van der Waals surface area contributed by atoms with Crippen molar-refractivity contribution in [2.45, 2.75) is 25.8 Å². The van der Waals surface area contributed by atoms with Crippen molar-refractivity contribution in [3.05, 3.63) is 64.7 Å². The molecule has 3 nitrogen and oxygen atoms in total. The first-order chi connectivity index (χ1) is 17.6. The van der Waals surface area contributed by atoms with Gasteiger partial charge in [0.25, 0.3) is 0 Å². The van der Waals surface area contributed by atoms with Crippen molar-refractivity contribution in [3.63, 3.8) is 0 Å². The third kappa shape index (κ3) is 3.12. The summed E-state index contributed by atoms with van der Waals surface area (Å²) < 4.78 is 132. The lowest BCUT2D eigenvalue weighted by Crippen LogP contribution is -2.21. The molecule has 0 aliphatic carbocycles. The molecule has 0 bridgehead atoms. The molecular weight excluding hydrogens is 306 g/mol. The van der Waals surface area contributed by atoms with Crippen LogP contribution in [0.1, 0.15) is 46.1 Å². The average molecular weight is 342 g/mol. The zero-order valence-electron chi connectivity index (χ0n) is 27.6. The highest BCUT2D eigenvalue weighted by Crippen LogP contribution is 2.21. The Kier molecular flexibility index (Phi) is 1.47. The number of hydrogen-bond donors (Lipinski definition) is 0. The van der Waals surface area contributed by atoms with Gasteiger partial charge >= 0.3 is 0 Å². The standard InChI is InChI=1S/C19H20ClN3/c20-16-9-7-15(8-10-16)13-23-18-6-2-1-5-17(18)21-19(23)14-22-11-3-4-12-22/h1-2,5-10H,3-4,11-14H2/i1D,2D,3D2,4D2,5D,6D,7D,8D,9D,10D,11D2,12D2. The van der Waals surface area contributed by atoms with Crippen LogP contribution in [-0.4, -0.2) is 27.4 Å². The predicted molar refractivity (Wildman–Crippen MR) is 94.8 cm³/mol. The molecule has 0 spiro atoms. The number of fused-ring (bicyclic) bond motifs is 1. The third-order valence-electron chi connectivity index (χ3n) is 3.18. The molecule has 4 rings (SSSR count). The highest BCUT2D eigenvalue weighted by atomic mass is 35.5. The van der Waals surface area contributed by atoms with E-state index in [2.05, 4.69) is 4.98 Å². The van der Waals surface area contributed by atoms with Gasteiger partial charge < -0.3 is 4.57 Å². The van der Waals surface area contributed by atoms with Gasteiger partial charge in [-0.25, -0.2) is 4.98 Å². The van der Waals surface area contributed by atoms with Gasteiger partial charge in [0.1, 0.15) is 5.82 Å². The molecule has 118 valence electrons. The Bertz CT molecular complexity index is 1480. The monoisotopic (exact) mass is 341 g/mol. The van der Waals surface area contributed by atoms with Crippen LogP contribution in [0.5, 0.6) is 0 Å². The van der Waals surface area contributed by atoms with Crippen LogP contribution in [0, 0.1) is 0 Å². The molecule has 1 fully saturated rings. The summed E-state index contributed by atoms with van der Waals surface area (Å²) in [7, 11) is 0. The van der Waals surface area contributed by atoms with Crippen LogP contribution in [0.15, 0.2) is 48.3 Å². The largest absolute Gasteiger partial charge is 0.322 e. The molecule has 0 amide bonds. The number of para-hydroxylation sites is 2. The molecule has 0 saturated carbocycles. The molecule has 1 aliphatic rings. The zero-order chi connectivity index (χ0) is 29.8. The Balaban J connectivity index is 2.03. The Morgan fingerprint density at radius 3 is 2.57 bits per heavy atom. The zero-order valence-corrected chi connectivity index (χ0v) is 12.4. The van der Waals surface area contributed by atoms with Gasteiger partial charge in [-0.2, -0.15) is 0 Å². The van der Waals surface area contributed by atoms with E-state index in [9.17, 15) is 0 Å². The molecule has 2 heterocycles. The molecule has 1 saturated heterocycles. The summed E-state index contributed by atoms with van der Waals surface area (Å²) in [6, 6.07) is -4.80. The number of nitrogens with zero attached hydrogens (tertiary/aromatic N) is 3. The van der Waals surface area contributed by atoms with E-state index >= 15 is 0 Å². The molecule has 2 aromatic carbocycles. The van der Waals surface area contributed by atoms with Gasteiger partial charge in [-0.1, -0.05) is 35.8 Å². The number of benzene rings is 2. The van der Waals surface area contributed by atoms with E-state index < -0.39 is 92.2 Å². The number of imidazole rings is 1. The van der Waals surface area contributed by atoms with Crippen LogP contribution in [0.3, 0.4) is 0 Å². The van der Waals surface area contributed by atoms with E-state index in [1.165, 1.54) is 0 Å². The Hall–Kier alpha value is -1.84. The van der Waals surface area contributed by atoms with E-state index in [4.69, 9.17) is 33.5 Å². The van der Waals surface area contributed by atoms with Crippen LogP contribution < -0.4 is 0 Å². The maximum absolute atomic E-state index is 8.42. The minimum atomic E-state index is -3.34. The molecular formula is C19H20ClN3. The lowest BCUT2D eigenvalue weighted by Gasteiger charge is -2.16. The first-order valence-corrected chi connectivity index (χ1v) is 7.00. The summed E-state index contributed by atoms with van der Waals surface area (Å²) in [5.41, 5.74) is -0.860. The molecule has 0 radical (unpaired) electrons. The van der Waals surface area contributed by atoms with Crippen LogP contribution in [0.25, 0.3) is 11.0 Å². The van der Waals surface area contributed by atoms with Crippen molar-refractivity contribution < 1.29 is 21.9 Å². The Morgan fingerprint density at radius 1 is 1.04 bits per heavy atom. The second kappa shape index (κ2) is 6.34. The first kappa shape index (κ1) is 5.33. The SMILES string of the molecule is [2H]c1c([2H])c(Cn2c(CN3C([2H])([2H])C([2H])([2H])C([2H])([2H])C3([2H])[2H])nc3c([2H])c([2H])c([2H])c([2H])c32)c([2H])c([2H])c1Cl. The van der Waals surface area contributed by atoms with Crippen molar-refractivity contribution >= 4 is 22.6 Å². The van der Waals surface area contributed by atoms with Crippen molar-refractivity contribution in [1.82, 2.24) is 14.5 Å². The summed E-state index contributed by atoms with van der Waals surface area (Å²) in [5, 5.41) is -0.450. The maximum atomic E-state index is 8.42. The van der Waals surface area contributed by atoms with Gasteiger partial charge in [0.2, 0.25) is 0 Å². The van der Waals surface area contributed by atoms with Crippen LogP contribution in [0.4, 0.5) is 0 Å². The molecule has 0 unspecified atom stereocenters. The van der Waals surface area contributed by atoms with Crippen molar-refractivity contribution in [1.29, 1.82) is 0 Å². The van der Waals surface area contributed by atoms with E-state index in [1.807, 2.05) is 0 Å². The average Bonchev–Trinajstić information content (AvgIpc) is 3.24. The van der Waals surface area contributed by atoms with Gasteiger partial charge in [0, 0.05) is 22.5 Å². The Labute approximate surface area is 164 Å².